The molecule has 5 nitrogen and oxygen atoms in total. The molecule has 0 aromatic rings. The molecule has 1 aliphatic heterocycles. The van der Waals surface area contributed by atoms with Crippen molar-refractivity contribution in [2.45, 2.75) is 117 Å². The average Bonchev–Trinajstić information content (AvgIpc) is 3.34. The maximum Gasteiger partial charge on any atom is 0.302 e. The van der Waals surface area contributed by atoms with E-state index in [0.29, 0.717) is 31.1 Å². The van der Waals surface area contributed by atoms with Crippen LogP contribution < -0.4 is 0 Å². The van der Waals surface area contributed by atoms with E-state index in [-0.39, 0.29) is 41.9 Å². The van der Waals surface area contributed by atoms with Gasteiger partial charge in [0.2, 0.25) is 0 Å². The zero-order valence-electron chi connectivity index (χ0n) is 22.2. The smallest absolute Gasteiger partial charge is 0.302 e. The number of rotatable bonds is 9. The molecule has 1 N–H and O–H groups in total. The van der Waals surface area contributed by atoms with Crippen LogP contribution in [0.15, 0.2) is 11.6 Å². The van der Waals surface area contributed by atoms with E-state index >= 15 is 0 Å². The second kappa shape index (κ2) is 9.35. The maximum atomic E-state index is 14.1. The van der Waals surface area contributed by atoms with Crippen molar-refractivity contribution in [2.75, 3.05) is 6.61 Å². The summed E-state index contributed by atoms with van der Waals surface area (Å²) in [5, 5.41) is 10.1. The van der Waals surface area contributed by atoms with E-state index in [0.717, 1.165) is 30.8 Å². The Morgan fingerprint density at radius 2 is 1.94 bits per heavy atom. The lowest BCUT2D eigenvalue weighted by molar-refractivity contribution is -0.153. The number of carbonyl (C=O) groups excluding carboxylic acids is 2. The van der Waals surface area contributed by atoms with Crippen LogP contribution in [0.1, 0.15) is 99.3 Å². The lowest BCUT2D eigenvalue weighted by Crippen LogP contribution is -2.54. The molecule has 0 bridgehead atoms. The number of aliphatic hydroxyl groups excluding tert-OH is 1. The van der Waals surface area contributed by atoms with Gasteiger partial charge in [-0.1, -0.05) is 47.0 Å². The first-order chi connectivity index (χ1) is 16.0. The number of allylic oxidation sites excluding steroid dienone is 1. The summed E-state index contributed by atoms with van der Waals surface area (Å²) in [5.74, 6) is 1.99. The molecule has 1 saturated heterocycles. The SMILES string of the molecule is CC(=O)OC1CCC2(C)C(=O)C(C3CCC(C(C)CCCC(C)C)C3(C)CCO)=CC3OC32C1. The van der Waals surface area contributed by atoms with E-state index in [4.69, 9.17) is 9.47 Å². The second-order valence-corrected chi connectivity index (χ2v) is 12.7. The summed E-state index contributed by atoms with van der Waals surface area (Å²) in [6.07, 6.45) is 10.5. The Morgan fingerprint density at radius 3 is 2.59 bits per heavy atom. The number of ketones is 1. The Bertz CT molecular complexity index is 832. The van der Waals surface area contributed by atoms with Gasteiger partial charge in [-0.3, -0.25) is 9.59 Å². The number of Topliss-reactive ketones (excluding diaryl/α,β-unsaturated/α-hetero) is 1. The van der Waals surface area contributed by atoms with Crippen LogP contribution in [0.2, 0.25) is 0 Å². The van der Waals surface area contributed by atoms with Crippen molar-refractivity contribution in [3.8, 4) is 0 Å². The van der Waals surface area contributed by atoms with Crippen molar-refractivity contribution in [3.63, 3.8) is 0 Å². The minimum Gasteiger partial charge on any atom is -0.462 e. The molecule has 1 spiro atoms. The van der Waals surface area contributed by atoms with E-state index in [9.17, 15) is 14.7 Å². The first-order valence-corrected chi connectivity index (χ1v) is 13.7. The van der Waals surface area contributed by atoms with Crippen LogP contribution in [0.5, 0.6) is 0 Å². The Kier molecular flexibility index (Phi) is 7.12. The van der Waals surface area contributed by atoms with Gasteiger partial charge in [-0.05, 0) is 79.8 Å². The molecule has 34 heavy (non-hydrogen) atoms. The second-order valence-electron chi connectivity index (χ2n) is 12.7. The van der Waals surface area contributed by atoms with E-state index in [1.54, 1.807) is 0 Å². The molecule has 8 atom stereocenters. The summed E-state index contributed by atoms with van der Waals surface area (Å²) in [4.78, 5) is 25.6. The highest BCUT2D eigenvalue weighted by atomic mass is 16.6. The quantitative estimate of drug-likeness (QED) is 0.346. The number of esters is 1. The average molecular weight is 475 g/mol. The van der Waals surface area contributed by atoms with Gasteiger partial charge < -0.3 is 14.6 Å². The Hall–Kier alpha value is -1.20. The van der Waals surface area contributed by atoms with Gasteiger partial charge in [-0.2, -0.15) is 0 Å². The maximum absolute atomic E-state index is 14.1. The van der Waals surface area contributed by atoms with E-state index in [1.165, 1.54) is 26.2 Å². The molecule has 0 aromatic heterocycles. The first kappa shape index (κ1) is 25.9. The standard InChI is InChI=1S/C29H46O5/c1-18(2)8-7-9-19(3)23-10-11-24(27(23,5)14-15-30)22-16-25-29(34-25)17-21(33-20(4)31)12-13-28(29,6)26(22)32/h16,18-19,21,23-25,30H,7-15,17H2,1-6H3. The topological polar surface area (TPSA) is 76.1 Å². The summed E-state index contributed by atoms with van der Waals surface area (Å²) in [5.41, 5.74) is -0.186. The van der Waals surface area contributed by atoms with Crippen molar-refractivity contribution in [2.24, 2.45) is 34.5 Å². The predicted octanol–water partition coefficient (Wildman–Crippen LogP) is 5.63. The predicted molar refractivity (Wildman–Crippen MR) is 132 cm³/mol. The molecule has 0 aromatic carbocycles. The van der Waals surface area contributed by atoms with Gasteiger partial charge in [0.1, 0.15) is 17.8 Å². The van der Waals surface area contributed by atoms with Crippen molar-refractivity contribution in [3.05, 3.63) is 11.6 Å². The molecular weight excluding hydrogens is 428 g/mol. The Morgan fingerprint density at radius 1 is 1.21 bits per heavy atom. The monoisotopic (exact) mass is 474 g/mol. The summed E-state index contributed by atoms with van der Waals surface area (Å²) < 4.78 is 11.8. The van der Waals surface area contributed by atoms with Crippen molar-refractivity contribution in [1.29, 1.82) is 0 Å². The minimum absolute atomic E-state index is 0.0653. The van der Waals surface area contributed by atoms with Crippen LogP contribution in [0.3, 0.4) is 0 Å². The number of ether oxygens (including phenoxy) is 2. The van der Waals surface area contributed by atoms with Crippen LogP contribution in [-0.4, -0.2) is 41.3 Å². The molecule has 3 fully saturated rings. The summed E-state index contributed by atoms with van der Waals surface area (Å²) in [7, 11) is 0. The highest BCUT2D eigenvalue weighted by molar-refractivity contribution is 6.03. The van der Waals surface area contributed by atoms with Gasteiger partial charge in [0.05, 0.1) is 5.41 Å². The summed E-state index contributed by atoms with van der Waals surface area (Å²) in [6.45, 7) is 13.0. The van der Waals surface area contributed by atoms with Crippen LogP contribution in [0.4, 0.5) is 0 Å². The van der Waals surface area contributed by atoms with E-state index in [1.807, 2.05) is 0 Å². The van der Waals surface area contributed by atoms with Gasteiger partial charge >= 0.3 is 5.97 Å². The number of hydrogen-bond donors (Lipinski definition) is 1. The molecule has 8 unspecified atom stereocenters. The van der Waals surface area contributed by atoms with Crippen LogP contribution >= 0.6 is 0 Å². The third kappa shape index (κ3) is 4.19. The van der Waals surface area contributed by atoms with Gasteiger partial charge in [0.15, 0.2) is 5.78 Å². The zero-order chi connectivity index (χ0) is 24.9. The zero-order valence-corrected chi connectivity index (χ0v) is 22.2. The van der Waals surface area contributed by atoms with Gasteiger partial charge in [0, 0.05) is 20.0 Å². The molecule has 4 aliphatic rings. The molecule has 0 amide bonds. The lowest BCUT2D eigenvalue weighted by Gasteiger charge is -2.46. The Labute approximate surface area is 206 Å². The largest absolute Gasteiger partial charge is 0.462 e. The number of carbonyl (C=O) groups is 2. The van der Waals surface area contributed by atoms with Crippen LogP contribution in [-0.2, 0) is 19.1 Å². The van der Waals surface area contributed by atoms with E-state index < -0.39 is 11.0 Å². The lowest BCUT2D eigenvalue weighted by atomic mass is 9.55. The molecule has 0 radical (unpaired) electrons. The fraction of sp³-hybridized carbons (Fsp3) is 0.862. The molecule has 5 heteroatoms. The van der Waals surface area contributed by atoms with Gasteiger partial charge in [-0.25, -0.2) is 0 Å². The van der Waals surface area contributed by atoms with Gasteiger partial charge in [-0.15, -0.1) is 0 Å². The van der Waals surface area contributed by atoms with Crippen molar-refractivity contribution >= 4 is 11.8 Å². The molecule has 192 valence electrons. The molecule has 3 aliphatic carbocycles. The highest BCUT2D eigenvalue weighted by Crippen LogP contribution is 2.66. The van der Waals surface area contributed by atoms with Crippen LogP contribution in [0.25, 0.3) is 0 Å². The third-order valence-corrected chi connectivity index (χ3v) is 10.2. The number of hydrogen-bond acceptors (Lipinski definition) is 5. The number of aliphatic hydroxyl groups is 1. The molecule has 2 saturated carbocycles. The Balaban J connectivity index is 1.56. The van der Waals surface area contributed by atoms with Crippen LogP contribution in [0, 0.1) is 34.5 Å². The van der Waals surface area contributed by atoms with E-state index in [2.05, 4.69) is 40.7 Å². The molecule has 1 heterocycles. The number of epoxide rings is 1. The summed E-state index contributed by atoms with van der Waals surface area (Å²) in [6, 6.07) is 0. The molecule has 4 rings (SSSR count). The third-order valence-electron chi connectivity index (χ3n) is 10.2. The normalized spacial score (nSPS) is 42.1. The fourth-order valence-corrected chi connectivity index (χ4v) is 8.13. The van der Waals surface area contributed by atoms with Crippen molar-refractivity contribution in [1.82, 2.24) is 0 Å². The fourth-order valence-electron chi connectivity index (χ4n) is 8.13. The molecular formula is C29H46O5. The first-order valence-electron chi connectivity index (χ1n) is 13.7. The van der Waals surface area contributed by atoms with Crippen molar-refractivity contribution < 1.29 is 24.2 Å². The highest BCUT2D eigenvalue weighted by Gasteiger charge is 2.74. The summed E-state index contributed by atoms with van der Waals surface area (Å²) >= 11 is 0. The minimum atomic E-state index is -0.556. The van der Waals surface area contributed by atoms with Gasteiger partial charge in [0.25, 0.3) is 0 Å².